The van der Waals surface area contributed by atoms with Crippen LogP contribution in [0.5, 0.6) is 11.5 Å². The number of carbonyl (C=O) groups is 2. The van der Waals surface area contributed by atoms with Crippen molar-refractivity contribution in [2.24, 2.45) is 0 Å². The number of fused-ring (bicyclic) bond motifs is 1. The van der Waals surface area contributed by atoms with E-state index in [2.05, 4.69) is 16.7 Å². The highest BCUT2D eigenvalue weighted by atomic mass is 16.6. The van der Waals surface area contributed by atoms with Crippen LogP contribution in [0.1, 0.15) is 36.6 Å². The number of benzene rings is 1. The van der Waals surface area contributed by atoms with Crippen molar-refractivity contribution in [2.45, 2.75) is 46.3 Å². The lowest BCUT2D eigenvalue weighted by molar-refractivity contribution is -0.119. The van der Waals surface area contributed by atoms with Crippen LogP contribution in [-0.4, -0.2) is 66.8 Å². The van der Waals surface area contributed by atoms with Crippen LogP contribution in [-0.2, 0) is 20.9 Å². The lowest BCUT2D eigenvalue weighted by Gasteiger charge is -2.21. The number of carbonyl (C=O) groups excluding carboxylic acids is 2. The van der Waals surface area contributed by atoms with Gasteiger partial charge in [-0.1, -0.05) is 6.92 Å². The van der Waals surface area contributed by atoms with Gasteiger partial charge in [-0.15, -0.1) is 0 Å². The Morgan fingerprint density at radius 3 is 2.50 bits per heavy atom. The Hall–Kier alpha value is -3.55. The molecule has 0 saturated carbocycles. The molecule has 192 valence electrons. The number of aromatic nitrogens is 1. The van der Waals surface area contributed by atoms with E-state index in [1.165, 1.54) is 0 Å². The first-order valence-electron chi connectivity index (χ1n) is 12.3. The Morgan fingerprint density at radius 2 is 1.83 bits per heavy atom. The summed E-state index contributed by atoms with van der Waals surface area (Å²) in [7, 11) is 0. The van der Waals surface area contributed by atoms with E-state index in [1.807, 2.05) is 25.3 Å². The molecule has 36 heavy (non-hydrogen) atoms. The van der Waals surface area contributed by atoms with E-state index in [0.717, 1.165) is 30.7 Å². The number of nitriles is 1. The maximum Gasteiger partial charge on any atom is 0.239 e. The van der Waals surface area contributed by atoms with Gasteiger partial charge in [0.25, 0.3) is 0 Å². The second-order valence-electron chi connectivity index (χ2n) is 9.05. The van der Waals surface area contributed by atoms with Gasteiger partial charge in [-0.2, -0.15) is 5.26 Å². The fourth-order valence-corrected chi connectivity index (χ4v) is 4.53. The van der Waals surface area contributed by atoms with Crippen LogP contribution in [0.25, 0.3) is 0 Å². The van der Waals surface area contributed by atoms with Crippen LogP contribution in [0.3, 0.4) is 0 Å². The zero-order chi connectivity index (χ0) is 25.7. The van der Waals surface area contributed by atoms with E-state index < -0.39 is 0 Å². The largest absolute Gasteiger partial charge is 0.486 e. The Morgan fingerprint density at radius 1 is 1.11 bits per heavy atom. The van der Waals surface area contributed by atoms with Crippen molar-refractivity contribution < 1.29 is 23.8 Å². The summed E-state index contributed by atoms with van der Waals surface area (Å²) >= 11 is 0. The molecule has 2 amide bonds. The zero-order valence-corrected chi connectivity index (χ0v) is 21.1. The third-order valence-electron chi connectivity index (χ3n) is 6.62. The van der Waals surface area contributed by atoms with Gasteiger partial charge < -0.3 is 29.4 Å². The van der Waals surface area contributed by atoms with Gasteiger partial charge in [0, 0.05) is 24.1 Å². The van der Waals surface area contributed by atoms with Crippen molar-refractivity contribution in [3.05, 3.63) is 35.0 Å². The molecule has 0 spiro atoms. The normalized spacial score (nSPS) is 16.6. The summed E-state index contributed by atoms with van der Waals surface area (Å²) in [6.07, 6.45) is 2.03. The summed E-state index contributed by atoms with van der Waals surface area (Å²) in [6, 6.07) is 7.47. The fraction of sp³-hybridized carbons (Fsp3) is 0.500. The second-order valence-corrected chi connectivity index (χ2v) is 9.05. The standard InChI is InChI=1S/C26H33N5O5/c1-4-30(15-24(32)28-19-7-8-22-23(12-19)36-11-10-35-22)16-25(33)29-26-21(13-27)17(2)18(3)31(26)14-20-6-5-9-34-20/h7-8,12,20H,4-6,9-11,14-16H2,1-3H3,(H,28,32)(H,29,33). The molecule has 2 aliphatic heterocycles. The number of nitrogens with zero attached hydrogens (tertiary/aromatic N) is 3. The van der Waals surface area contributed by atoms with Gasteiger partial charge in [0.2, 0.25) is 11.8 Å². The number of amides is 2. The molecule has 1 aromatic heterocycles. The van der Waals surface area contributed by atoms with Crippen LogP contribution >= 0.6 is 0 Å². The molecule has 10 nitrogen and oxygen atoms in total. The predicted octanol–water partition coefficient (Wildman–Crippen LogP) is 2.83. The van der Waals surface area contributed by atoms with Crippen LogP contribution in [0, 0.1) is 25.2 Å². The molecule has 1 saturated heterocycles. The van der Waals surface area contributed by atoms with Gasteiger partial charge in [-0.05, 0) is 50.9 Å². The molecule has 0 bridgehead atoms. The van der Waals surface area contributed by atoms with Gasteiger partial charge in [0.1, 0.15) is 25.1 Å². The van der Waals surface area contributed by atoms with Crippen molar-refractivity contribution in [1.29, 1.82) is 5.26 Å². The minimum absolute atomic E-state index is 0.0130. The molecule has 10 heteroatoms. The quantitative estimate of drug-likeness (QED) is 0.549. The molecular formula is C26H33N5O5. The highest BCUT2D eigenvalue weighted by molar-refractivity contribution is 5.95. The van der Waals surface area contributed by atoms with Gasteiger partial charge >= 0.3 is 0 Å². The summed E-state index contributed by atoms with van der Waals surface area (Å²) < 4.78 is 18.8. The molecule has 1 atom stereocenters. The molecule has 3 heterocycles. The van der Waals surface area contributed by atoms with Crippen molar-refractivity contribution in [1.82, 2.24) is 9.47 Å². The molecule has 1 unspecified atom stereocenters. The van der Waals surface area contributed by atoms with E-state index >= 15 is 0 Å². The average molecular weight is 496 g/mol. The Bertz CT molecular complexity index is 1160. The van der Waals surface area contributed by atoms with E-state index in [-0.39, 0.29) is 31.0 Å². The third-order valence-corrected chi connectivity index (χ3v) is 6.62. The minimum atomic E-state index is -0.286. The van der Waals surface area contributed by atoms with Crippen LogP contribution in [0.4, 0.5) is 11.5 Å². The SMILES string of the molecule is CCN(CC(=O)Nc1ccc2c(c1)OCCO2)CC(=O)Nc1c(C#N)c(C)c(C)n1CC1CCCO1. The number of ether oxygens (including phenoxy) is 3. The van der Waals surface area contributed by atoms with Crippen LogP contribution in [0.15, 0.2) is 18.2 Å². The number of hydrogen-bond donors (Lipinski definition) is 2. The van der Waals surface area contributed by atoms with Crippen LogP contribution < -0.4 is 20.1 Å². The molecule has 0 radical (unpaired) electrons. The van der Waals surface area contributed by atoms with Crippen molar-refractivity contribution in [2.75, 3.05) is 50.1 Å². The van der Waals surface area contributed by atoms with Gasteiger partial charge in [0.15, 0.2) is 11.5 Å². The topological polar surface area (TPSA) is 118 Å². The highest BCUT2D eigenvalue weighted by Gasteiger charge is 2.24. The van der Waals surface area contributed by atoms with Gasteiger partial charge in [-0.3, -0.25) is 14.5 Å². The second kappa shape index (κ2) is 11.5. The molecule has 1 aromatic carbocycles. The first kappa shape index (κ1) is 25.5. The lowest BCUT2D eigenvalue weighted by Crippen LogP contribution is -2.39. The zero-order valence-electron chi connectivity index (χ0n) is 21.1. The maximum absolute atomic E-state index is 13.0. The first-order chi connectivity index (χ1) is 17.4. The van der Waals surface area contributed by atoms with Crippen LogP contribution in [0.2, 0.25) is 0 Å². The Kier molecular flexibility index (Phi) is 8.13. The fourth-order valence-electron chi connectivity index (χ4n) is 4.53. The molecule has 1 fully saturated rings. The first-order valence-corrected chi connectivity index (χ1v) is 12.3. The Balaban J connectivity index is 1.38. The molecular weight excluding hydrogens is 462 g/mol. The smallest absolute Gasteiger partial charge is 0.239 e. The molecule has 2 aliphatic rings. The summed E-state index contributed by atoms with van der Waals surface area (Å²) in [5.74, 6) is 1.21. The summed E-state index contributed by atoms with van der Waals surface area (Å²) in [5, 5.41) is 15.5. The van der Waals surface area contributed by atoms with E-state index in [1.54, 1.807) is 23.1 Å². The summed E-state index contributed by atoms with van der Waals surface area (Å²) in [6.45, 7) is 8.56. The third kappa shape index (κ3) is 5.80. The molecule has 4 rings (SSSR count). The van der Waals surface area contributed by atoms with E-state index in [9.17, 15) is 14.9 Å². The summed E-state index contributed by atoms with van der Waals surface area (Å²) in [4.78, 5) is 27.4. The maximum atomic E-state index is 13.0. The highest BCUT2D eigenvalue weighted by Crippen LogP contribution is 2.32. The number of likely N-dealkylation sites (N-methyl/N-ethyl adjacent to an activating group) is 1. The molecule has 2 aromatic rings. The van der Waals surface area contributed by atoms with E-state index in [4.69, 9.17) is 14.2 Å². The number of nitrogens with one attached hydrogen (secondary N) is 2. The van der Waals surface area contributed by atoms with E-state index in [0.29, 0.717) is 54.9 Å². The van der Waals surface area contributed by atoms with Crippen molar-refractivity contribution >= 4 is 23.3 Å². The Labute approximate surface area is 211 Å². The average Bonchev–Trinajstić information content (AvgIpc) is 3.46. The molecule has 2 N–H and O–H groups in total. The van der Waals surface area contributed by atoms with Crippen molar-refractivity contribution in [3.63, 3.8) is 0 Å². The number of rotatable bonds is 9. The number of anilines is 2. The van der Waals surface area contributed by atoms with Crippen molar-refractivity contribution in [3.8, 4) is 17.6 Å². The molecule has 0 aliphatic carbocycles. The van der Waals surface area contributed by atoms with Gasteiger partial charge in [-0.25, -0.2) is 0 Å². The summed E-state index contributed by atoms with van der Waals surface area (Å²) in [5.41, 5.74) is 2.83. The number of hydrogen-bond acceptors (Lipinski definition) is 7. The monoisotopic (exact) mass is 495 g/mol. The minimum Gasteiger partial charge on any atom is -0.486 e. The predicted molar refractivity (Wildman–Crippen MR) is 134 cm³/mol. The van der Waals surface area contributed by atoms with Gasteiger partial charge in [0.05, 0.1) is 31.3 Å². The lowest BCUT2D eigenvalue weighted by atomic mass is 10.2.